The molecule has 0 aliphatic heterocycles. The Kier molecular flexibility index (Phi) is 5.36. The molecule has 3 nitrogen and oxygen atoms in total. The second-order valence-corrected chi connectivity index (χ2v) is 5.61. The molecule has 0 saturated heterocycles. The first-order chi connectivity index (χ1) is 9.24. The summed E-state index contributed by atoms with van der Waals surface area (Å²) in [5.41, 5.74) is 2.37. The van der Waals surface area contributed by atoms with Crippen LogP contribution in [0, 0.1) is 6.92 Å². The van der Waals surface area contributed by atoms with Crippen LogP contribution in [0.15, 0.2) is 47.8 Å². The quantitative estimate of drug-likeness (QED) is 0.597. The Balaban J connectivity index is 1.73. The van der Waals surface area contributed by atoms with Crippen LogP contribution in [0.3, 0.4) is 0 Å². The van der Waals surface area contributed by atoms with Gasteiger partial charge in [0.25, 0.3) is 0 Å². The fourth-order valence-corrected chi connectivity index (χ4v) is 2.69. The predicted molar refractivity (Wildman–Crippen MR) is 80.3 cm³/mol. The lowest BCUT2D eigenvalue weighted by Crippen LogP contribution is -2.20. The maximum atomic E-state index is 4.39. The molecular weight excluding hydrogens is 254 g/mol. The second-order valence-electron chi connectivity index (χ2n) is 4.55. The highest BCUT2D eigenvalue weighted by atomic mass is 32.2. The number of aromatic nitrogens is 2. The summed E-state index contributed by atoms with van der Waals surface area (Å²) < 4.78 is 0. The first kappa shape index (κ1) is 14.0. The van der Waals surface area contributed by atoms with E-state index >= 15 is 0 Å². The third-order valence-electron chi connectivity index (χ3n) is 2.77. The van der Waals surface area contributed by atoms with Gasteiger partial charge in [0, 0.05) is 30.7 Å². The number of benzene rings is 1. The smallest absolute Gasteiger partial charge is 0.187 e. The van der Waals surface area contributed by atoms with Gasteiger partial charge < -0.3 is 4.90 Å². The number of hydrogen-bond donors (Lipinski definition) is 0. The highest BCUT2D eigenvalue weighted by Crippen LogP contribution is 2.12. The summed E-state index contributed by atoms with van der Waals surface area (Å²) in [4.78, 5) is 11.0. The monoisotopic (exact) mass is 273 g/mol. The van der Waals surface area contributed by atoms with E-state index in [-0.39, 0.29) is 0 Å². The van der Waals surface area contributed by atoms with Crippen LogP contribution in [0.1, 0.15) is 11.3 Å². The average molecular weight is 273 g/mol. The van der Waals surface area contributed by atoms with Crippen LogP contribution >= 0.6 is 11.8 Å². The minimum Gasteiger partial charge on any atom is -0.301 e. The van der Waals surface area contributed by atoms with E-state index in [1.54, 1.807) is 11.8 Å². The standard InChI is InChI=1S/C15H19N3S/c1-13-8-9-16-15(17-13)19-11-10-18(2)12-14-6-4-3-5-7-14/h3-9H,10-12H2,1-2H3. The summed E-state index contributed by atoms with van der Waals surface area (Å²) in [7, 11) is 2.14. The normalized spacial score (nSPS) is 10.9. The largest absolute Gasteiger partial charge is 0.301 e. The number of thioether (sulfide) groups is 1. The predicted octanol–water partition coefficient (Wildman–Crippen LogP) is 3.01. The van der Waals surface area contributed by atoms with Crippen molar-refractivity contribution in [2.45, 2.75) is 18.6 Å². The van der Waals surface area contributed by atoms with Gasteiger partial charge in [-0.3, -0.25) is 0 Å². The molecule has 100 valence electrons. The van der Waals surface area contributed by atoms with E-state index in [0.29, 0.717) is 0 Å². The van der Waals surface area contributed by atoms with Crippen molar-refractivity contribution in [2.75, 3.05) is 19.3 Å². The van der Waals surface area contributed by atoms with Crippen LogP contribution in [0.4, 0.5) is 0 Å². The van der Waals surface area contributed by atoms with Gasteiger partial charge in [0.05, 0.1) is 0 Å². The first-order valence-corrected chi connectivity index (χ1v) is 7.37. The van der Waals surface area contributed by atoms with E-state index < -0.39 is 0 Å². The average Bonchev–Trinajstić information content (AvgIpc) is 2.40. The van der Waals surface area contributed by atoms with Gasteiger partial charge in [0.2, 0.25) is 0 Å². The SMILES string of the molecule is Cc1ccnc(SCCN(C)Cc2ccccc2)n1. The Hall–Kier alpha value is -1.39. The molecule has 2 aromatic rings. The second kappa shape index (κ2) is 7.26. The molecule has 19 heavy (non-hydrogen) atoms. The van der Waals surface area contributed by atoms with E-state index in [1.807, 2.05) is 19.2 Å². The van der Waals surface area contributed by atoms with Crippen LogP contribution in [-0.4, -0.2) is 34.2 Å². The molecule has 0 atom stereocenters. The van der Waals surface area contributed by atoms with Gasteiger partial charge in [0.1, 0.15) is 0 Å². The van der Waals surface area contributed by atoms with Crippen LogP contribution in [0.5, 0.6) is 0 Å². The maximum Gasteiger partial charge on any atom is 0.187 e. The van der Waals surface area contributed by atoms with Gasteiger partial charge in [-0.05, 0) is 25.6 Å². The van der Waals surface area contributed by atoms with Gasteiger partial charge >= 0.3 is 0 Å². The van der Waals surface area contributed by atoms with E-state index in [9.17, 15) is 0 Å². The molecule has 2 rings (SSSR count). The molecule has 0 bridgehead atoms. The Morgan fingerprint density at radius 2 is 1.95 bits per heavy atom. The summed E-state index contributed by atoms with van der Waals surface area (Å²) in [6.07, 6.45) is 1.82. The summed E-state index contributed by atoms with van der Waals surface area (Å²) in [5.74, 6) is 1.01. The van der Waals surface area contributed by atoms with E-state index in [0.717, 1.165) is 29.7 Å². The molecule has 0 aliphatic rings. The van der Waals surface area contributed by atoms with Crippen LogP contribution in [0.2, 0.25) is 0 Å². The molecule has 0 spiro atoms. The van der Waals surface area contributed by atoms with Crippen molar-refractivity contribution < 1.29 is 0 Å². The molecule has 4 heteroatoms. The van der Waals surface area contributed by atoms with Gasteiger partial charge in [-0.15, -0.1) is 0 Å². The Labute approximate surface area is 119 Å². The van der Waals surface area contributed by atoms with Gasteiger partial charge in [0.15, 0.2) is 5.16 Å². The Bertz CT molecular complexity index is 502. The number of nitrogens with zero attached hydrogens (tertiary/aromatic N) is 3. The fraction of sp³-hybridized carbons (Fsp3) is 0.333. The Morgan fingerprint density at radius 3 is 2.68 bits per heavy atom. The molecule has 0 amide bonds. The summed E-state index contributed by atoms with van der Waals surface area (Å²) in [6.45, 7) is 4.00. The zero-order valence-electron chi connectivity index (χ0n) is 11.4. The lowest BCUT2D eigenvalue weighted by atomic mass is 10.2. The van der Waals surface area contributed by atoms with Crippen LogP contribution in [0.25, 0.3) is 0 Å². The fourth-order valence-electron chi connectivity index (χ4n) is 1.76. The third kappa shape index (κ3) is 5.01. The highest BCUT2D eigenvalue weighted by Gasteiger charge is 2.02. The highest BCUT2D eigenvalue weighted by molar-refractivity contribution is 7.99. The van der Waals surface area contributed by atoms with Crippen molar-refractivity contribution in [3.05, 3.63) is 53.9 Å². The molecule has 0 aliphatic carbocycles. The summed E-state index contributed by atoms with van der Waals surface area (Å²) in [6, 6.07) is 12.5. The molecule has 0 unspecified atom stereocenters. The number of aryl methyl sites for hydroxylation is 1. The first-order valence-electron chi connectivity index (χ1n) is 6.39. The van der Waals surface area contributed by atoms with Crippen molar-refractivity contribution in [1.82, 2.24) is 14.9 Å². The van der Waals surface area contributed by atoms with Crippen molar-refractivity contribution in [3.8, 4) is 0 Å². The molecule has 0 fully saturated rings. The van der Waals surface area contributed by atoms with Crippen molar-refractivity contribution in [3.63, 3.8) is 0 Å². The molecule has 1 heterocycles. The van der Waals surface area contributed by atoms with Crippen molar-refractivity contribution in [1.29, 1.82) is 0 Å². The minimum atomic E-state index is 0.869. The molecule has 0 saturated carbocycles. The van der Waals surface area contributed by atoms with Gasteiger partial charge in [-0.1, -0.05) is 42.1 Å². The van der Waals surface area contributed by atoms with Gasteiger partial charge in [-0.25, -0.2) is 9.97 Å². The lowest BCUT2D eigenvalue weighted by molar-refractivity contribution is 0.348. The lowest BCUT2D eigenvalue weighted by Gasteiger charge is -2.16. The third-order valence-corrected chi connectivity index (χ3v) is 3.61. The summed E-state index contributed by atoms with van der Waals surface area (Å²) in [5, 5.41) is 0.869. The molecule has 0 radical (unpaired) electrons. The minimum absolute atomic E-state index is 0.869. The van der Waals surface area contributed by atoms with E-state index in [1.165, 1.54) is 5.56 Å². The van der Waals surface area contributed by atoms with E-state index in [4.69, 9.17) is 0 Å². The van der Waals surface area contributed by atoms with Crippen LogP contribution < -0.4 is 0 Å². The van der Waals surface area contributed by atoms with Gasteiger partial charge in [-0.2, -0.15) is 0 Å². The molecule has 0 N–H and O–H groups in total. The summed E-state index contributed by atoms with van der Waals surface area (Å²) >= 11 is 1.71. The van der Waals surface area contributed by atoms with Crippen LogP contribution in [-0.2, 0) is 6.54 Å². The Morgan fingerprint density at radius 1 is 1.16 bits per heavy atom. The molecule has 1 aromatic heterocycles. The topological polar surface area (TPSA) is 29.0 Å². The maximum absolute atomic E-state index is 4.39. The zero-order chi connectivity index (χ0) is 13.5. The van der Waals surface area contributed by atoms with E-state index in [2.05, 4.69) is 52.2 Å². The van der Waals surface area contributed by atoms with Crippen molar-refractivity contribution in [2.24, 2.45) is 0 Å². The van der Waals surface area contributed by atoms with Crippen molar-refractivity contribution >= 4 is 11.8 Å². The molecule has 1 aromatic carbocycles. The number of hydrogen-bond acceptors (Lipinski definition) is 4. The zero-order valence-corrected chi connectivity index (χ0v) is 12.2. The number of rotatable bonds is 6. The molecular formula is C15H19N3S.